The van der Waals surface area contributed by atoms with Crippen molar-refractivity contribution >= 4 is 5.97 Å². The third-order valence-corrected chi connectivity index (χ3v) is 3.35. The molecule has 2 unspecified atom stereocenters. The van der Waals surface area contributed by atoms with Crippen molar-refractivity contribution in [1.29, 1.82) is 0 Å². The van der Waals surface area contributed by atoms with Gasteiger partial charge in [-0.25, -0.2) is 9.18 Å². The largest absolute Gasteiger partial charge is 0.487 e. The van der Waals surface area contributed by atoms with Gasteiger partial charge < -0.3 is 14.6 Å². The lowest BCUT2D eigenvalue weighted by Crippen LogP contribution is -2.52. The molecule has 1 aliphatic rings. The number of fused-ring (bicyclic) bond motifs is 1. The fourth-order valence-electron chi connectivity index (χ4n) is 2.63. The van der Waals surface area contributed by atoms with Crippen LogP contribution in [0.1, 0.15) is 32.8 Å². The average molecular weight is 282 g/mol. The minimum absolute atomic E-state index is 0.0308. The van der Waals surface area contributed by atoms with E-state index in [1.54, 1.807) is 45.0 Å². The van der Waals surface area contributed by atoms with Crippen LogP contribution >= 0.6 is 0 Å². The Balaban J connectivity index is 2.46. The number of para-hydroxylation sites is 1. The van der Waals surface area contributed by atoms with Gasteiger partial charge in [-0.2, -0.15) is 0 Å². The number of alkyl halides is 1. The van der Waals surface area contributed by atoms with Gasteiger partial charge in [0.25, 0.3) is 0 Å². The first-order chi connectivity index (χ1) is 9.30. The summed E-state index contributed by atoms with van der Waals surface area (Å²) >= 11 is 0. The standard InChI is InChI=1S/C15H19FO4/c1-4-19-13(17)12(16)15(18)9-14(2,3)20-11-8-6-5-7-10(11)15/h5-8,12,18H,4,9H2,1-3H3. The molecule has 4 nitrogen and oxygen atoms in total. The Bertz CT molecular complexity index is 514. The summed E-state index contributed by atoms with van der Waals surface area (Å²) in [6.07, 6.45) is -2.18. The molecule has 5 heteroatoms. The lowest BCUT2D eigenvalue weighted by molar-refractivity contribution is -0.169. The molecule has 0 bridgehead atoms. The van der Waals surface area contributed by atoms with E-state index in [0.29, 0.717) is 5.75 Å². The van der Waals surface area contributed by atoms with Crippen molar-refractivity contribution in [3.05, 3.63) is 29.8 Å². The van der Waals surface area contributed by atoms with E-state index >= 15 is 0 Å². The SMILES string of the molecule is CCOC(=O)C(F)C1(O)CC(C)(C)Oc2ccccc21. The van der Waals surface area contributed by atoms with Gasteiger partial charge in [0, 0.05) is 12.0 Å². The zero-order valence-corrected chi connectivity index (χ0v) is 11.9. The Hall–Kier alpha value is -1.62. The van der Waals surface area contributed by atoms with Crippen LogP contribution in [0.3, 0.4) is 0 Å². The maximum atomic E-state index is 14.5. The highest BCUT2D eigenvalue weighted by molar-refractivity contribution is 5.77. The van der Waals surface area contributed by atoms with Gasteiger partial charge >= 0.3 is 5.97 Å². The summed E-state index contributed by atoms with van der Waals surface area (Å²) in [5.41, 5.74) is -2.44. The third kappa shape index (κ3) is 2.50. The van der Waals surface area contributed by atoms with Crippen LogP contribution in [-0.2, 0) is 15.1 Å². The molecule has 2 rings (SSSR count). The quantitative estimate of drug-likeness (QED) is 0.865. The number of hydrogen-bond acceptors (Lipinski definition) is 4. The molecular weight excluding hydrogens is 263 g/mol. The van der Waals surface area contributed by atoms with Gasteiger partial charge in [0.1, 0.15) is 17.0 Å². The number of carbonyl (C=O) groups is 1. The number of benzene rings is 1. The van der Waals surface area contributed by atoms with Crippen LogP contribution in [0.25, 0.3) is 0 Å². The Labute approximate surface area is 117 Å². The van der Waals surface area contributed by atoms with Crippen molar-refractivity contribution in [2.75, 3.05) is 6.61 Å². The molecule has 0 aliphatic carbocycles. The Morgan fingerprint density at radius 1 is 1.50 bits per heavy atom. The van der Waals surface area contributed by atoms with Gasteiger partial charge in [-0.05, 0) is 26.8 Å². The second kappa shape index (κ2) is 5.05. The number of carbonyl (C=O) groups excluding carboxylic acids is 1. The zero-order valence-electron chi connectivity index (χ0n) is 11.9. The Morgan fingerprint density at radius 3 is 2.80 bits per heavy atom. The minimum atomic E-state index is -2.15. The van der Waals surface area contributed by atoms with Gasteiger partial charge in [0.15, 0.2) is 0 Å². The molecule has 0 radical (unpaired) electrons. The zero-order chi connectivity index (χ0) is 15.0. The summed E-state index contributed by atoms with van der Waals surface area (Å²) in [7, 11) is 0. The van der Waals surface area contributed by atoms with Gasteiger partial charge in [-0.3, -0.25) is 0 Å². The van der Waals surface area contributed by atoms with Crippen LogP contribution in [0.2, 0.25) is 0 Å². The molecule has 20 heavy (non-hydrogen) atoms. The van der Waals surface area contributed by atoms with Crippen molar-refractivity contribution in [3.8, 4) is 5.75 Å². The van der Waals surface area contributed by atoms with E-state index in [1.807, 2.05) is 0 Å². The summed E-state index contributed by atoms with van der Waals surface area (Å²) in [5.74, 6) is -0.666. The first-order valence-electron chi connectivity index (χ1n) is 6.62. The number of esters is 1. The van der Waals surface area contributed by atoms with E-state index in [1.165, 1.54) is 0 Å². The Morgan fingerprint density at radius 2 is 2.15 bits per heavy atom. The molecule has 0 aromatic heterocycles. The molecule has 1 aromatic carbocycles. The van der Waals surface area contributed by atoms with E-state index < -0.39 is 23.3 Å². The maximum absolute atomic E-state index is 14.5. The van der Waals surface area contributed by atoms with E-state index in [9.17, 15) is 14.3 Å². The van der Waals surface area contributed by atoms with Crippen molar-refractivity contribution < 1.29 is 23.8 Å². The fourth-order valence-corrected chi connectivity index (χ4v) is 2.63. The number of ether oxygens (including phenoxy) is 2. The molecule has 110 valence electrons. The van der Waals surface area contributed by atoms with E-state index in [0.717, 1.165) is 0 Å². The predicted molar refractivity (Wildman–Crippen MR) is 71.2 cm³/mol. The fraction of sp³-hybridized carbons (Fsp3) is 0.533. The Kier molecular flexibility index (Phi) is 3.73. The van der Waals surface area contributed by atoms with Crippen molar-refractivity contribution in [2.24, 2.45) is 0 Å². The van der Waals surface area contributed by atoms with Crippen LogP contribution < -0.4 is 4.74 Å². The van der Waals surface area contributed by atoms with Crippen LogP contribution in [0.15, 0.2) is 24.3 Å². The molecule has 2 atom stereocenters. The topological polar surface area (TPSA) is 55.8 Å². The molecule has 0 amide bonds. The molecule has 0 saturated heterocycles. The molecule has 1 N–H and O–H groups in total. The lowest BCUT2D eigenvalue weighted by atomic mass is 9.77. The molecule has 1 aliphatic heterocycles. The first kappa shape index (κ1) is 14.8. The number of hydrogen-bond donors (Lipinski definition) is 1. The number of rotatable bonds is 3. The second-order valence-corrected chi connectivity index (χ2v) is 5.57. The monoisotopic (exact) mass is 282 g/mol. The van der Waals surface area contributed by atoms with Gasteiger partial charge in [-0.1, -0.05) is 18.2 Å². The molecule has 1 heterocycles. The number of halogens is 1. The second-order valence-electron chi connectivity index (χ2n) is 5.57. The average Bonchev–Trinajstić information content (AvgIpc) is 2.36. The highest BCUT2D eigenvalue weighted by Gasteiger charge is 2.52. The molecule has 0 fully saturated rings. The van der Waals surface area contributed by atoms with Crippen molar-refractivity contribution in [2.45, 2.75) is 44.6 Å². The molecule has 0 saturated carbocycles. The summed E-state index contributed by atoms with van der Waals surface area (Å²) in [6, 6.07) is 6.62. The van der Waals surface area contributed by atoms with Gasteiger partial charge in [0.2, 0.25) is 6.17 Å². The maximum Gasteiger partial charge on any atom is 0.344 e. The summed E-state index contributed by atoms with van der Waals surface area (Å²) in [6.45, 7) is 5.14. The highest BCUT2D eigenvalue weighted by atomic mass is 19.1. The van der Waals surface area contributed by atoms with Crippen LogP contribution in [-0.4, -0.2) is 29.5 Å². The van der Waals surface area contributed by atoms with Crippen LogP contribution in [0.4, 0.5) is 4.39 Å². The van der Waals surface area contributed by atoms with Crippen molar-refractivity contribution in [3.63, 3.8) is 0 Å². The predicted octanol–water partition coefficient (Wildman–Crippen LogP) is 2.34. The highest BCUT2D eigenvalue weighted by Crippen LogP contribution is 2.46. The van der Waals surface area contributed by atoms with E-state index in [2.05, 4.69) is 0 Å². The smallest absolute Gasteiger partial charge is 0.344 e. The molecular formula is C15H19FO4. The third-order valence-electron chi connectivity index (χ3n) is 3.35. The summed E-state index contributed by atoms with van der Waals surface area (Å²) in [5, 5.41) is 10.8. The number of aliphatic hydroxyl groups is 1. The first-order valence-corrected chi connectivity index (χ1v) is 6.62. The summed E-state index contributed by atoms with van der Waals surface area (Å²) in [4.78, 5) is 11.7. The molecule has 0 spiro atoms. The normalized spacial score (nSPS) is 25.2. The van der Waals surface area contributed by atoms with E-state index in [4.69, 9.17) is 9.47 Å². The van der Waals surface area contributed by atoms with Crippen LogP contribution in [0.5, 0.6) is 5.75 Å². The minimum Gasteiger partial charge on any atom is -0.487 e. The van der Waals surface area contributed by atoms with E-state index in [-0.39, 0.29) is 18.6 Å². The summed E-state index contributed by atoms with van der Waals surface area (Å²) < 4.78 is 24.9. The van der Waals surface area contributed by atoms with Gasteiger partial charge in [0.05, 0.1) is 6.61 Å². The van der Waals surface area contributed by atoms with Gasteiger partial charge in [-0.15, -0.1) is 0 Å². The molecule has 1 aromatic rings. The van der Waals surface area contributed by atoms with Crippen molar-refractivity contribution in [1.82, 2.24) is 0 Å². The lowest BCUT2D eigenvalue weighted by Gasteiger charge is -2.43. The van der Waals surface area contributed by atoms with Crippen LogP contribution in [0, 0.1) is 0 Å².